The Bertz CT molecular complexity index is 369. The van der Waals surface area contributed by atoms with Crippen molar-refractivity contribution in [2.75, 3.05) is 19.0 Å². The zero-order chi connectivity index (χ0) is 12.7. The molecular weight excluding hydrogens is 220 g/mol. The number of methoxy groups -OCH3 is 1. The second-order valence-corrected chi connectivity index (χ2v) is 3.82. The van der Waals surface area contributed by atoms with E-state index in [9.17, 15) is 4.79 Å². The number of urea groups is 1. The lowest BCUT2D eigenvalue weighted by Gasteiger charge is -2.12. The van der Waals surface area contributed by atoms with Crippen LogP contribution in [0, 0.1) is 0 Å². The van der Waals surface area contributed by atoms with E-state index in [0.29, 0.717) is 12.3 Å². The Morgan fingerprint density at radius 3 is 2.94 bits per heavy atom. The van der Waals surface area contributed by atoms with Gasteiger partial charge in [0.15, 0.2) is 0 Å². The summed E-state index contributed by atoms with van der Waals surface area (Å²) in [7, 11) is 1.62. The number of carbonyl (C=O) groups is 1. The smallest absolute Gasteiger partial charge is 0.319 e. The number of ether oxygens (including phenoxy) is 1. The van der Waals surface area contributed by atoms with Gasteiger partial charge in [-0.25, -0.2) is 4.79 Å². The van der Waals surface area contributed by atoms with Crippen LogP contribution in [0.5, 0.6) is 0 Å². The molecule has 1 unspecified atom stereocenters. The standard InChI is InChI=1S/C12H18N2O3/c1-9(7-15)13-12(16)14-11-5-3-4-10(6-11)8-17-2/h3-6,9,15H,7-8H2,1-2H3,(H2,13,14,16). The Balaban J connectivity index is 2.55. The molecule has 0 radical (unpaired) electrons. The molecule has 0 aliphatic heterocycles. The van der Waals surface area contributed by atoms with Crippen molar-refractivity contribution in [3.05, 3.63) is 29.8 Å². The van der Waals surface area contributed by atoms with Gasteiger partial charge < -0.3 is 20.5 Å². The molecule has 1 aromatic carbocycles. The van der Waals surface area contributed by atoms with Crippen LogP contribution < -0.4 is 10.6 Å². The summed E-state index contributed by atoms with van der Waals surface area (Å²) in [6.07, 6.45) is 0. The van der Waals surface area contributed by atoms with Crippen molar-refractivity contribution in [2.45, 2.75) is 19.6 Å². The number of amides is 2. The summed E-state index contributed by atoms with van der Waals surface area (Å²) in [5, 5.41) is 14.1. The minimum atomic E-state index is -0.332. The maximum Gasteiger partial charge on any atom is 0.319 e. The lowest BCUT2D eigenvalue weighted by molar-refractivity contribution is 0.185. The highest BCUT2D eigenvalue weighted by Crippen LogP contribution is 2.11. The SMILES string of the molecule is COCc1cccc(NC(=O)NC(C)CO)c1. The second-order valence-electron chi connectivity index (χ2n) is 3.82. The van der Waals surface area contributed by atoms with Gasteiger partial charge in [0, 0.05) is 12.8 Å². The number of rotatable bonds is 5. The molecule has 2 amide bonds. The molecule has 0 aliphatic rings. The average Bonchev–Trinajstić information content (AvgIpc) is 2.29. The maximum atomic E-state index is 11.5. The van der Waals surface area contributed by atoms with E-state index in [1.807, 2.05) is 18.2 Å². The monoisotopic (exact) mass is 238 g/mol. The summed E-state index contributed by atoms with van der Waals surface area (Å²) in [6, 6.07) is 6.80. The van der Waals surface area contributed by atoms with Crippen LogP contribution in [0.2, 0.25) is 0 Å². The molecule has 0 saturated heterocycles. The molecule has 0 aliphatic carbocycles. The maximum absolute atomic E-state index is 11.5. The molecule has 0 bridgehead atoms. The van der Waals surface area contributed by atoms with Gasteiger partial charge >= 0.3 is 6.03 Å². The normalized spacial score (nSPS) is 11.9. The summed E-state index contributed by atoms with van der Waals surface area (Å²) < 4.78 is 5.01. The molecule has 0 saturated carbocycles. The van der Waals surface area contributed by atoms with E-state index in [4.69, 9.17) is 9.84 Å². The first-order valence-electron chi connectivity index (χ1n) is 5.42. The molecule has 3 N–H and O–H groups in total. The molecule has 1 aromatic rings. The number of hydrogen-bond acceptors (Lipinski definition) is 3. The molecule has 1 rings (SSSR count). The van der Waals surface area contributed by atoms with E-state index >= 15 is 0 Å². The summed E-state index contributed by atoms with van der Waals surface area (Å²) in [6.45, 7) is 2.14. The molecule has 5 heteroatoms. The van der Waals surface area contributed by atoms with Crippen LogP contribution in [-0.4, -0.2) is 30.9 Å². The lowest BCUT2D eigenvalue weighted by atomic mass is 10.2. The van der Waals surface area contributed by atoms with Gasteiger partial charge in [-0.2, -0.15) is 0 Å². The van der Waals surface area contributed by atoms with E-state index < -0.39 is 0 Å². The molecule has 0 aromatic heterocycles. The van der Waals surface area contributed by atoms with Crippen molar-refractivity contribution in [3.8, 4) is 0 Å². The minimum Gasteiger partial charge on any atom is -0.394 e. The third-order valence-corrected chi connectivity index (χ3v) is 2.15. The van der Waals surface area contributed by atoms with Crippen LogP contribution in [0.25, 0.3) is 0 Å². The van der Waals surface area contributed by atoms with Crippen molar-refractivity contribution >= 4 is 11.7 Å². The van der Waals surface area contributed by atoms with Crippen molar-refractivity contribution in [1.82, 2.24) is 5.32 Å². The van der Waals surface area contributed by atoms with Crippen LogP contribution in [0.1, 0.15) is 12.5 Å². The van der Waals surface area contributed by atoms with Crippen molar-refractivity contribution in [2.24, 2.45) is 0 Å². The van der Waals surface area contributed by atoms with E-state index in [1.54, 1.807) is 20.1 Å². The third-order valence-electron chi connectivity index (χ3n) is 2.15. The van der Waals surface area contributed by atoms with Gasteiger partial charge in [0.25, 0.3) is 0 Å². The molecule has 1 atom stereocenters. The number of hydrogen-bond donors (Lipinski definition) is 3. The number of aliphatic hydroxyl groups is 1. The lowest BCUT2D eigenvalue weighted by Crippen LogP contribution is -2.38. The first-order chi connectivity index (χ1) is 8.15. The van der Waals surface area contributed by atoms with Gasteiger partial charge in [-0.05, 0) is 24.6 Å². The van der Waals surface area contributed by atoms with E-state index in [2.05, 4.69) is 10.6 Å². The zero-order valence-electron chi connectivity index (χ0n) is 10.1. The predicted molar refractivity (Wildman–Crippen MR) is 65.9 cm³/mol. The highest BCUT2D eigenvalue weighted by Gasteiger charge is 2.06. The number of benzene rings is 1. The fourth-order valence-corrected chi connectivity index (χ4v) is 1.34. The fraction of sp³-hybridized carbons (Fsp3) is 0.417. The number of carbonyl (C=O) groups excluding carboxylic acids is 1. The van der Waals surface area contributed by atoms with Crippen molar-refractivity contribution in [1.29, 1.82) is 0 Å². The molecular formula is C12H18N2O3. The topological polar surface area (TPSA) is 70.6 Å². The highest BCUT2D eigenvalue weighted by molar-refractivity contribution is 5.89. The molecule has 0 fully saturated rings. The Morgan fingerprint density at radius 2 is 2.29 bits per heavy atom. The summed E-state index contributed by atoms with van der Waals surface area (Å²) in [5.41, 5.74) is 1.68. The van der Waals surface area contributed by atoms with Gasteiger partial charge in [-0.15, -0.1) is 0 Å². The quantitative estimate of drug-likeness (QED) is 0.725. The van der Waals surface area contributed by atoms with Gasteiger partial charge in [-0.3, -0.25) is 0 Å². The summed E-state index contributed by atoms with van der Waals surface area (Å²) >= 11 is 0. The Morgan fingerprint density at radius 1 is 1.53 bits per heavy atom. The molecule has 17 heavy (non-hydrogen) atoms. The van der Waals surface area contributed by atoms with E-state index in [0.717, 1.165) is 5.56 Å². The molecule has 0 spiro atoms. The van der Waals surface area contributed by atoms with Crippen LogP contribution in [0.4, 0.5) is 10.5 Å². The first kappa shape index (κ1) is 13.5. The van der Waals surface area contributed by atoms with Crippen molar-refractivity contribution < 1.29 is 14.6 Å². The number of nitrogens with one attached hydrogen (secondary N) is 2. The van der Waals surface area contributed by atoms with Gasteiger partial charge in [-0.1, -0.05) is 12.1 Å². The van der Waals surface area contributed by atoms with Crippen LogP contribution in [0.15, 0.2) is 24.3 Å². The Labute approximate surface area is 101 Å². The highest BCUT2D eigenvalue weighted by atomic mass is 16.5. The number of anilines is 1. The largest absolute Gasteiger partial charge is 0.394 e. The zero-order valence-corrected chi connectivity index (χ0v) is 10.1. The first-order valence-corrected chi connectivity index (χ1v) is 5.42. The van der Waals surface area contributed by atoms with Crippen LogP contribution >= 0.6 is 0 Å². The third kappa shape index (κ3) is 4.84. The number of aliphatic hydroxyl groups excluding tert-OH is 1. The Hall–Kier alpha value is -1.59. The minimum absolute atomic E-state index is 0.0862. The molecule has 5 nitrogen and oxygen atoms in total. The van der Waals surface area contributed by atoms with Gasteiger partial charge in [0.1, 0.15) is 0 Å². The van der Waals surface area contributed by atoms with Crippen LogP contribution in [0.3, 0.4) is 0 Å². The fourth-order valence-electron chi connectivity index (χ4n) is 1.34. The summed E-state index contributed by atoms with van der Waals surface area (Å²) in [4.78, 5) is 11.5. The predicted octanol–water partition coefficient (Wildman–Crippen LogP) is 1.34. The average molecular weight is 238 g/mol. The van der Waals surface area contributed by atoms with Crippen molar-refractivity contribution in [3.63, 3.8) is 0 Å². The van der Waals surface area contributed by atoms with E-state index in [-0.39, 0.29) is 18.7 Å². The van der Waals surface area contributed by atoms with E-state index in [1.165, 1.54) is 0 Å². The summed E-state index contributed by atoms with van der Waals surface area (Å²) in [5.74, 6) is 0. The van der Waals surface area contributed by atoms with Crippen LogP contribution in [-0.2, 0) is 11.3 Å². The molecule has 0 heterocycles. The van der Waals surface area contributed by atoms with Gasteiger partial charge in [0.05, 0.1) is 19.3 Å². The molecule has 94 valence electrons. The second kappa shape index (κ2) is 6.88. The Kier molecular flexibility index (Phi) is 5.45. The van der Waals surface area contributed by atoms with Gasteiger partial charge in [0.2, 0.25) is 0 Å².